The van der Waals surface area contributed by atoms with Crippen LogP contribution in [-0.4, -0.2) is 27.1 Å². The van der Waals surface area contributed by atoms with E-state index in [4.69, 9.17) is 0 Å². The first-order valence-electron chi connectivity index (χ1n) is 9.09. The van der Waals surface area contributed by atoms with Crippen LogP contribution in [0.3, 0.4) is 0 Å². The molecule has 0 bridgehead atoms. The van der Waals surface area contributed by atoms with Gasteiger partial charge >= 0.3 is 0 Å². The first-order chi connectivity index (χ1) is 14.3. The topological polar surface area (TPSA) is 76.0 Å². The van der Waals surface area contributed by atoms with Crippen molar-refractivity contribution in [1.29, 1.82) is 0 Å². The molecule has 0 spiro atoms. The second-order valence-corrected chi connectivity index (χ2v) is 7.54. The summed E-state index contributed by atoms with van der Waals surface area (Å²) in [5, 5.41) is 6.17. The molecule has 0 aliphatic rings. The molecule has 0 fully saturated rings. The van der Waals surface area contributed by atoms with Crippen LogP contribution in [0.15, 0.2) is 60.0 Å². The highest BCUT2D eigenvalue weighted by Gasteiger charge is 2.15. The van der Waals surface area contributed by atoms with Crippen LogP contribution in [0.2, 0.25) is 0 Å². The molecule has 9 heteroatoms. The molecule has 1 aromatic heterocycles. The highest BCUT2D eigenvalue weighted by molar-refractivity contribution is 7.99. The number of thioether (sulfide) groups is 1. The van der Waals surface area contributed by atoms with Crippen molar-refractivity contribution in [2.45, 2.75) is 18.1 Å². The van der Waals surface area contributed by atoms with E-state index in [0.717, 1.165) is 17.3 Å². The third kappa shape index (κ3) is 5.44. The number of nitrogens with zero attached hydrogens (tertiary/aromatic N) is 2. The van der Waals surface area contributed by atoms with Gasteiger partial charge in [0.1, 0.15) is 11.6 Å². The Kier molecular flexibility index (Phi) is 6.83. The Morgan fingerprint density at radius 3 is 2.53 bits per heavy atom. The summed E-state index contributed by atoms with van der Waals surface area (Å²) in [7, 11) is 1.85. The second kappa shape index (κ2) is 9.53. The van der Waals surface area contributed by atoms with Crippen LogP contribution in [0.5, 0.6) is 0 Å². The van der Waals surface area contributed by atoms with E-state index in [-0.39, 0.29) is 17.2 Å². The predicted molar refractivity (Wildman–Crippen MR) is 111 cm³/mol. The lowest BCUT2D eigenvalue weighted by Crippen LogP contribution is -2.27. The van der Waals surface area contributed by atoms with Crippen LogP contribution in [0, 0.1) is 11.6 Å². The predicted octanol–water partition coefficient (Wildman–Crippen LogP) is 3.92. The number of imidazole rings is 1. The third-order valence-electron chi connectivity index (χ3n) is 4.32. The molecular formula is C21H20F2N4O2S. The zero-order chi connectivity index (χ0) is 21.7. The van der Waals surface area contributed by atoms with Gasteiger partial charge in [-0.3, -0.25) is 9.59 Å². The number of aromatic nitrogens is 2. The van der Waals surface area contributed by atoms with Crippen LogP contribution < -0.4 is 10.6 Å². The number of nitrogens with one attached hydrogen (secondary N) is 2. The minimum atomic E-state index is -0.718. The second-order valence-electron chi connectivity index (χ2n) is 6.60. The summed E-state index contributed by atoms with van der Waals surface area (Å²) in [6, 6.07) is 8.93. The highest BCUT2D eigenvalue weighted by atomic mass is 32.2. The lowest BCUT2D eigenvalue weighted by atomic mass is 10.1. The Balaban J connectivity index is 1.54. The summed E-state index contributed by atoms with van der Waals surface area (Å²) < 4.78 is 28.7. The van der Waals surface area contributed by atoms with E-state index in [1.807, 2.05) is 11.6 Å². The number of hydrogen-bond donors (Lipinski definition) is 2. The van der Waals surface area contributed by atoms with Crippen LogP contribution >= 0.6 is 11.8 Å². The van der Waals surface area contributed by atoms with Gasteiger partial charge in [0, 0.05) is 42.3 Å². The summed E-state index contributed by atoms with van der Waals surface area (Å²) in [6.07, 6.45) is 3.46. The van der Waals surface area contributed by atoms with Crippen molar-refractivity contribution >= 4 is 29.3 Å². The van der Waals surface area contributed by atoms with E-state index >= 15 is 0 Å². The Hall–Kier alpha value is -3.20. The first-order valence-corrected chi connectivity index (χ1v) is 10.1. The summed E-state index contributed by atoms with van der Waals surface area (Å²) in [4.78, 5) is 28.6. The van der Waals surface area contributed by atoms with Gasteiger partial charge < -0.3 is 15.2 Å². The molecule has 0 saturated heterocycles. The van der Waals surface area contributed by atoms with Gasteiger partial charge in [0.15, 0.2) is 5.16 Å². The largest absolute Gasteiger partial charge is 0.345 e. The Bertz CT molecular complexity index is 1050. The summed E-state index contributed by atoms with van der Waals surface area (Å²) >= 11 is 1.32. The molecule has 156 valence electrons. The fraction of sp³-hybridized carbons (Fsp3) is 0.190. The van der Waals surface area contributed by atoms with Gasteiger partial charge in [-0.2, -0.15) is 0 Å². The number of carbonyl (C=O) groups excluding carboxylic acids is 2. The molecule has 0 aliphatic heterocycles. The normalized spacial score (nSPS) is 11.7. The van der Waals surface area contributed by atoms with E-state index in [1.165, 1.54) is 17.8 Å². The SMILES string of the molecule is CC(NC(=O)c1ccc(NC(=O)CSc2nccn2C)cc1)c1ccc(F)cc1F. The maximum Gasteiger partial charge on any atom is 0.251 e. The molecule has 2 aromatic carbocycles. The van der Waals surface area contributed by atoms with Gasteiger partial charge in [0.25, 0.3) is 5.91 Å². The van der Waals surface area contributed by atoms with E-state index in [0.29, 0.717) is 11.3 Å². The van der Waals surface area contributed by atoms with Crippen molar-refractivity contribution in [3.05, 3.63) is 77.6 Å². The van der Waals surface area contributed by atoms with Gasteiger partial charge in [0.05, 0.1) is 11.8 Å². The van der Waals surface area contributed by atoms with Crippen LogP contribution in [0.25, 0.3) is 0 Å². The minimum Gasteiger partial charge on any atom is -0.345 e. The molecule has 1 heterocycles. The highest BCUT2D eigenvalue weighted by Crippen LogP contribution is 2.19. The molecule has 2 amide bonds. The van der Waals surface area contributed by atoms with Crippen molar-refractivity contribution < 1.29 is 18.4 Å². The molecule has 0 saturated carbocycles. The molecule has 3 rings (SSSR count). The number of halogens is 2. The van der Waals surface area contributed by atoms with Gasteiger partial charge in [-0.25, -0.2) is 13.8 Å². The minimum absolute atomic E-state index is 0.193. The molecular weight excluding hydrogens is 410 g/mol. The molecule has 0 aliphatic carbocycles. The summed E-state index contributed by atoms with van der Waals surface area (Å²) in [5.74, 6) is -1.79. The standard InChI is InChI=1S/C21H20F2N4O2S/c1-13(17-8-5-15(22)11-18(17)23)25-20(29)14-3-6-16(7-4-14)26-19(28)12-30-21-24-9-10-27(21)2/h3-11,13H,12H2,1-2H3,(H,25,29)(H,26,28). The van der Waals surface area contributed by atoms with Crippen LogP contribution in [0.4, 0.5) is 14.5 Å². The number of rotatable bonds is 7. The summed E-state index contributed by atoms with van der Waals surface area (Å²) in [6.45, 7) is 1.61. The number of anilines is 1. The number of carbonyl (C=O) groups is 2. The van der Waals surface area contributed by atoms with Gasteiger partial charge in [0.2, 0.25) is 5.91 Å². The average Bonchev–Trinajstić information content (AvgIpc) is 3.11. The molecule has 1 unspecified atom stereocenters. The van der Waals surface area contributed by atoms with Crippen molar-refractivity contribution in [2.24, 2.45) is 7.05 Å². The lowest BCUT2D eigenvalue weighted by Gasteiger charge is -2.15. The Labute approximate surface area is 176 Å². The van der Waals surface area contributed by atoms with Gasteiger partial charge in [-0.1, -0.05) is 17.8 Å². The molecule has 2 N–H and O–H groups in total. The summed E-state index contributed by atoms with van der Waals surface area (Å²) in [5.41, 5.74) is 1.10. The Morgan fingerprint density at radius 2 is 1.90 bits per heavy atom. The van der Waals surface area contributed by atoms with Crippen molar-refractivity contribution in [3.8, 4) is 0 Å². The zero-order valence-corrected chi connectivity index (χ0v) is 17.2. The maximum absolute atomic E-state index is 13.9. The molecule has 0 radical (unpaired) electrons. The van der Waals surface area contributed by atoms with Gasteiger partial charge in [-0.05, 0) is 37.3 Å². The Morgan fingerprint density at radius 1 is 1.17 bits per heavy atom. The quantitative estimate of drug-likeness (QED) is 0.557. The fourth-order valence-electron chi connectivity index (χ4n) is 2.73. The first kappa shape index (κ1) is 21.5. The number of hydrogen-bond acceptors (Lipinski definition) is 4. The van der Waals surface area contributed by atoms with E-state index in [2.05, 4.69) is 15.6 Å². The van der Waals surface area contributed by atoms with Crippen LogP contribution in [-0.2, 0) is 11.8 Å². The number of benzene rings is 2. The molecule has 1 atom stereocenters. The van der Waals surface area contributed by atoms with E-state index < -0.39 is 23.6 Å². The smallest absolute Gasteiger partial charge is 0.251 e. The molecule has 30 heavy (non-hydrogen) atoms. The number of aryl methyl sites for hydroxylation is 1. The molecule has 3 aromatic rings. The monoisotopic (exact) mass is 430 g/mol. The van der Waals surface area contributed by atoms with Crippen molar-refractivity contribution in [3.63, 3.8) is 0 Å². The number of amides is 2. The zero-order valence-electron chi connectivity index (χ0n) is 16.4. The van der Waals surface area contributed by atoms with Crippen LogP contribution in [0.1, 0.15) is 28.9 Å². The lowest BCUT2D eigenvalue weighted by molar-refractivity contribution is -0.113. The fourth-order valence-corrected chi connectivity index (χ4v) is 3.47. The van der Waals surface area contributed by atoms with E-state index in [1.54, 1.807) is 43.6 Å². The van der Waals surface area contributed by atoms with Gasteiger partial charge in [-0.15, -0.1) is 0 Å². The molecule has 6 nitrogen and oxygen atoms in total. The maximum atomic E-state index is 13.9. The van der Waals surface area contributed by atoms with Crippen molar-refractivity contribution in [1.82, 2.24) is 14.9 Å². The third-order valence-corrected chi connectivity index (χ3v) is 5.37. The van der Waals surface area contributed by atoms with E-state index in [9.17, 15) is 18.4 Å². The van der Waals surface area contributed by atoms with Crippen molar-refractivity contribution in [2.75, 3.05) is 11.1 Å². The average molecular weight is 430 g/mol.